The van der Waals surface area contributed by atoms with Crippen LogP contribution in [0.25, 0.3) is 0 Å². The smallest absolute Gasteiger partial charge is 0.169 e. The number of hydrogen-bond donors (Lipinski definition) is 0. The van der Waals surface area contributed by atoms with Gasteiger partial charge in [0.1, 0.15) is 6.61 Å². The van der Waals surface area contributed by atoms with Crippen LogP contribution in [0.3, 0.4) is 0 Å². The Bertz CT molecular complexity index is 186. The Morgan fingerprint density at radius 3 is 3.00 bits per heavy atom. The summed E-state index contributed by atoms with van der Waals surface area (Å²) in [7, 11) is 0. The van der Waals surface area contributed by atoms with Gasteiger partial charge in [-0.2, -0.15) is 0 Å². The molecule has 2 heteroatoms. The average Bonchev–Trinajstić information content (AvgIpc) is 2.51. The molecule has 68 valence electrons. The number of nitrogens with zero attached hydrogens (tertiary/aromatic N) is 1. The van der Waals surface area contributed by atoms with E-state index in [1.807, 2.05) is 0 Å². The third-order valence-electron chi connectivity index (χ3n) is 2.38. The normalized spacial score (nSPS) is 23.7. The second kappa shape index (κ2) is 4.29. The van der Waals surface area contributed by atoms with E-state index in [0.717, 1.165) is 19.4 Å². The highest BCUT2D eigenvalue weighted by atomic mass is 16.5. The molecular formula is C10H17NO. The molecule has 0 aromatic carbocycles. The molecule has 0 aromatic rings. The number of hydrogen-bond acceptors (Lipinski definition) is 2. The molecule has 0 saturated carbocycles. The van der Waals surface area contributed by atoms with Crippen molar-refractivity contribution in [2.24, 2.45) is 10.9 Å². The van der Waals surface area contributed by atoms with E-state index >= 15 is 0 Å². The Morgan fingerprint density at radius 2 is 2.58 bits per heavy atom. The minimum atomic E-state index is 0.367. The van der Waals surface area contributed by atoms with Gasteiger partial charge in [-0.15, -0.1) is 0 Å². The van der Waals surface area contributed by atoms with Crippen LogP contribution in [0.15, 0.2) is 17.1 Å². The van der Waals surface area contributed by atoms with E-state index in [2.05, 4.69) is 25.4 Å². The number of allylic oxidation sites excluding steroid dienone is 1. The molecular weight excluding hydrogens is 150 g/mol. The van der Waals surface area contributed by atoms with Crippen LogP contribution in [0.1, 0.15) is 26.7 Å². The van der Waals surface area contributed by atoms with Crippen molar-refractivity contribution in [3.05, 3.63) is 12.2 Å². The molecule has 2 nitrogen and oxygen atoms in total. The zero-order chi connectivity index (χ0) is 8.97. The van der Waals surface area contributed by atoms with Crippen molar-refractivity contribution in [2.75, 3.05) is 6.61 Å². The quantitative estimate of drug-likeness (QED) is 0.589. The fraction of sp³-hybridized carbons (Fsp3) is 0.700. The Labute approximate surface area is 74.3 Å². The summed E-state index contributed by atoms with van der Waals surface area (Å²) in [6, 6.07) is 0.367. The number of ether oxygens (including phenoxy) is 1. The molecule has 1 aliphatic rings. The summed E-state index contributed by atoms with van der Waals surface area (Å²) in [5.41, 5.74) is 1.26. The lowest BCUT2D eigenvalue weighted by molar-refractivity contribution is 0.308. The standard InChI is InChI=1S/C10H17NO/c1-4-9(8(2)3)5-10-6-12-7-11-10/h7,9-10H,2,4-6H2,1,3H3. The van der Waals surface area contributed by atoms with Crippen molar-refractivity contribution in [3.63, 3.8) is 0 Å². The van der Waals surface area contributed by atoms with Gasteiger partial charge < -0.3 is 4.74 Å². The van der Waals surface area contributed by atoms with E-state index in [9.17, 15) is 0 Å². The molecule has 0 bridgehead atoms. The van der Waals surface area contributed by atoms with Crippen molar-refractivity contribution >= 4 is 6.40 Å². The highest BCUT2D eigenvalue weighted by Gasteiger charge is 2.17. The molecule has 2 atom stereocenters. The van der Waals surface area contributed by atoms with E-state index in [4.69, 9.17) is 4.74 Å². The molecule has 12 heavy (non-hydrogen) atoms. The summed E-state index contributed by atoms with van der Waals surface area (Å²) in [5.74, 6) is 0.605. The molecule has 0 aliphatic carbocycles. The van der Waals surface area contributed by atoms with Crippen LogP contribution in [0.4, 0.5) is 0 Å². The fourth-order valence-electron chi connectivity index (χ4n) is 1.50. The first-order valence-corrected chi connectivity index (χ1v) is 4.52. The van der Waals surface area contributed by atoms with Crippen LogP contribution in [0, 0.1) is 5.92 Å². The highest BCUT2D eigenvalue weighted by molar-refractivity contribution is 5.48. The van der Waals surface area contributed by atoms with Crippen molar-refractivity contribution in [1.82, 2.24) is 0 Å². The summed E-state index contributed by atoms with van der Waals surface area (Å²) in [6.07, 6.45) is 3.81. The molecule has 1 aliphatic heterocycles. The van der Waals surface area contributed by atoms with E-state index in [0.29, 0.717) is 12.0 Å². The van der Waals surface area contributed by atoms with E-state index in [1.54, 1.807) is 6.40 Å². The maximum absolute atomic E-state index is 5.06. The molecule has 0 spiro atoms. The Hall–Kier alpha value is -0.790. The SMILES string of the molecule is C=C(C)C(CC)CC1COC=N1. The first kappa shape index (κ1) is 9.30. The summed E-state index contributed by atoms with van der Waals surface area (Å²) in [5, 5.41) is 0. The van der Waals surface area contributed by atoms with Crippen LogP contribution in [-0.2, 0) is 4.74 Å². The van der Waals surface area contributed by atoms with Gasteiger partial charge in [-0.25, -0.2) is 0 Å². The van der Waals surface area contributed by atoms with Crippen LogP contribution < -0.4 is 0 Å². The van der Waals surface area contributed by atoms with Crippen LogP contribution in [0.2, 0.25) is 0 Å². The second-order valence-electron chi connectivity index (χ2n) is 3.43. The largest absolute Gasteiger partial charge is 0.481 e. The minimum absolute atomic E-state index is 0.367. The summed E-state index contributed by atoms with van der Waals surface area (Å²) in [6.45, 7) is 9.01. The minimum Gasteiger partial charge on any atom is -0.481 e. The number of aliphatic imine (C=N–C) groups is 1. The highest BCUT2D eigenvalue weighted by Crippen LogP contribution is 2.21. The lowest BCUT2D eigenvalue weighted by atomic mass is 9.92. The zero-order valence-corrected chi connectivity index (χ0v) is 7.92. The Balaban J connectivity index is 2.36. The molecule has 0 aromatic heterocycles. The predicted octanol–water partition coefficient (Wildman–Crippen LogP) is 2.41. The number of rotatable bonds is 4. The second-order valence-corrected chi connectivity index (χ2v) is 3.43. The third-order valence-corrected chi connectivity index (χ3v) is 2.38. The maximum Gasteiger partial charge on any atom is 0.169 e. The Morgan fingerprint density at radius 1 is 1.83 bits per heavy atom. The van der Waals surface area contributed by atoms with E-state index in [-0.39, 0.29) is 0 Å². The van der Waals surface area contributed by atoms with Crippen LogP contribution in [0.5, 0.6) is 0 Å². The molecule has 2 unspecified atom stereocenters. The lowest BCUT2D eigenvalue weighted by Crippen LogP contribution is -2.13. The van der Waals surface area contributed by atoms with Crippen molar-refractivity contribution in [2.45, 2.75) is 32.7 Å². The lowest BCUT2D eigenvalue weighted by Gasteiger charge is -2.16. The Kier molecular flexibility index (Phi) is 3.32. The predicted molar refractivity (Wildman–Crippen MR) is 51.4 cm³/mol. The topological polar surface area (TPSA) is 21.6 Å². The van der Waals surface area contributed by atoms with Gasteiger partial charge in [0.2, 0.25) is 0 Å². The first-order chi connectivity index (χ1) is 5.74. The van der Waals surface area contributed by atoms with Gasteiger partial charge in [0, 0.05) is 0 Å². The van der Waals surface area contributed by atoms with Gasteiger partial charge in [0.25, 0.3) is 0 Å². The summed E-state index contributed by atoms with van der Waals surface area (Å²) < 4.78 is 5.06. The maximum atomic E-state index is 5.06. The molecule has 1 heterocycles. The van der Waals surface area contributed by atoms with Gasteiger partial charge in [0.15, 0.2) is 6.40 Å². The van der Waals surface area contributed by atoms with E-state index in [1.165, 1.54) is 5.57 Å². The van der Waals surface area contributed by atoms with Gasteiger partial charge >= 0.3 is 0 Å². The van der Waals surface area contributed by atoms with Crippen molar-refractivity contribution in [1.29, 1.82) is 0 Å². The van der Waals surface area contributed by atoms with E-state index < -0.39 is 0 Å². The first-order valence-electron chi connectivity index (χ1n) is 4.52. The summed E-state index contributed by atoms with van der Waals surface area (Å²) >= 11 is 0. The molecule has 0 N–H and O–H groups in total. The van der Waals surface area contributed by atoms with Gasteiger partial charge in [0.05, 0.1) is 6.04 Å². The van der Waals surface area contributed by atoms with Gasteiger partial charge in [-0.05, 0) is 25.7 Å². The third kappa shape index (κ3) is 2.36. The van der Waals surface area contributed by atoms with Crippen LogP contribution >= 0.6 is 0 Å². The van der Waals surface area contributed by atoms with Crippen LogP contribution in [-0.4, -0.2) is 19.0 Å². The molecule has 1 rings (SSSR count). The molecule has 0 fully saturated rings. The average molecular weight is 167 g/mol. The van der Waals surface area contributed by atoms with Gasteiger partial charge in [-0.1, -0.05) is 19.1 Å². The van der Waals surface area contributed by atoms with Crippen molar-refractivity contribution in [3.8, 4) is 0 Å². The zero-order valence-electron chi connectivity index (χ0n) is 7.92. The fourth-order valence-corrected chi connectivity index (χ4v) is 1.50. The molecule has 0 amide bonds. The molecule has 0 radical (unpaired) electrons. The van der Waals surface area contributed by atoms with Crippen molar-refractivity contribution < 1.29 is 4.74 Å². The summed E-state index contributed by atoms with van der Waals surface area (Å²) in [4.78, 5) is 4.22. The molecule has 0 saturated heterocycles. The monoisotopic (exact) mass is 167 g/mol. The van der Waals surface area contributed by atoms with Gasteiger partial charge in [-0.3, -0.25) is 4.99 Å².